The van der Waals surface area contributed by atoms with Gasteiger partial charge in [0, 0.05) is 5.69 Å². The lowest BCUT2D eigenvalue weighted by Gasteiger charge is -2.12. The van der Waals surface area contributed by atoms with Gasteiger partial charge in [-0.1, -0.05) is 12.1 Å². The van der Waals surface area contributed by atoms with E-state index in [1.165, 1.54) is 12.1 Å². The van der Waals surface area contributed by atoms with Crippen molar-refractivity contribution in [2.45, 2.75) is 12.8 Å². The number of aryl methyl sites for hydroxylation is 2. The molecule has 0 amide bonds. The largest absolute Gasteiger partial charge is 0.478 e. The van der Waals surface area contributed by atoms with Crippen molar-refractivity contribution in [3.05, 3.63) is 83.2 Å². The van der Waals surface area contributed by atoms with Crippen LogP contribution in [-0.2, 0) is 12.8 Å². The normalized spacial score (nSPS) is 12.0. The summed E-state index contributed by atoms with van der Waals surface area (Å²) in [5.41, 5.74) is 3.36. The zero-order chi connectivity index (χ0) is 19.5. The highest BCUT2D eigenvalue weighted by atomic mass is 19.1. The van der Waals surface area contributed by atoms with Crippen molar-refractivity contribution < 1.29 is 23.8 Å². The predicted octanol–water partition coefficient (Wildman–Crippen LogP) is 4.78. The summed E-state index contributed by atoms with van der Waals surface area (Å²) in [6, 6.07) is 16.9. The summed E-state index contributed by atoms with van der Waals surface area (Å²) in [4.78, 5) is 11.5. The number of benzene rings is 3. The van der Waals surface area contributed by atoms with E-state index >= 15 is 0 Å². The maximum Gasteiger partial charge on any atom is 0.337 e. The molecule has 0 spiro atoms. The lowest BCUT2D eigenvalue weighted by molar-refractivity contribution is 0.0698. The Bertz CT molecular complexity index is 1020. The molecule has 0 radical (unpaired) electrons. The van der Waals surface area contributed by atoms with Crippen LogP contribution in [0.25, 0.3) is 0 Å². The topological polar surface area (TPSA) is 67.8 Å². The zero-order valence-electron chi connectivity index (χ0n) is 14.9. The van der Waals surface area contributed by atoms with Crippen LogP contribution < -0.4 is 14.8 Å². The molecule has 0 fully saturated rings. The second kappa shape index (κ2) is 7.60. The van der Waals surface area contributed by atoms with Gasteiger partial charge in [0.15, 0.2) is 11.5 Å². The molecule has 0 atom stereocenters. The quantitative estimate of drug-likeness (QED) is 0.645. The monoisotopic (exact) mass is 379 g/mol. The number of carbonyl (C=O) groups is 1. The van der Waals surface area contributed by atoms with E-state index in [0.717, 1.165) is 35.5 Å². The Morgan fingerprint density at radius 1 is 0.929 bits per heavy atom. The Morgan fingerprint density at radius 3 is 2.36 bits per heavy atom. The minimum Gasteiger partial charge on any atom is -0.478 e. The Morgan fingerprint density at radius 2 is 1.61 bits per heavy atom. The minimum atomic E-state index is -1.02. The van der Waals surface area contributed by atoms with E-state index in [9.17, 15) is 14.3 Å². The van der Waals surface area contributed by atoms with Gasteiger partial charge in [0.25, 0.3) is 0 Å². The Hall–Kier alpha value is -3.54. The molecule has 0 saturated carbocycles. The molecule has 3 aromatic carbocycles. The number of rotatable bonds is 6. The van der Waals surface area contributed by atoms with Gasteiger partial charge in [0.2, 0.25) is 6.79 Å². The van der Waals surface area contributed by atoms with E-state index in [0.29, 0.717) is 11.4 Å². The van der Waals surface area contributed by atoms with Crippen LogP contribution in [0.4, 0.5) is 15.8 Å². The molecule has 2 N–H and O–H groups in total. The van der Waals surface area contributed by atoms with Gasteiger partial charge in [-0.05, 0) is 72.5 Å². The number of nitrogens with one attached hydrogen (secondary N) is 1. The smallest absolute Gasteiger partial charge is 0.337 e. The number of carboxylic acid groups (broad SMARTS) is 1. The Balaban J connectivity index is 1.52. The molecule has 3 aromatic rings. The van der Waals surface area contributed by atoms with Gasteiger partial charge < -0.3 is 19.9 Å². The van der Waals surface area contributed by atoms with Gasteiger partial charge >= 0.3 is 5.97 Å². The average Bonchev–Trinajstić information content (AvgIpc) is 3.16. The molecule has 28 heavy (non-hydrogen) atoms. The molecule has 1 aliphatic heterocycles. The van der Waals surface area contributed by atoms with Crippen molar-refractivity contribution in [1.82, 2.24) is 0 Å². The summed E-state index contributed by atoms with van der Waals surface area (Å²) < 4.78 is 23.8. The van der Waals surface area contributed by atoms with Gasteiger partial charge in [-0.2, -0.15) is 0 Å². The first-order chi connectivity index (χ1) is 13.6. The SMILES string of the molecule is O=C(O)c1ccc(CCc2ccc3c(c2)OCO3)cc1Nc1ccc(F)cc1. The van der Waals surface area contributed by atoms with Crippen LogP contribution in [0.1, 0.15) is 21.5 Å². The average molecular weight is 379 g/mol. The zero-order valence-corrected chi connectivity index (χ0v) is 14.9. The van der Waals surface area contributed by atoms with Crippen LogP contribution in [0.5, 0.6) is 11.5 Å². The fraction of sp³-hybridized carbons (Fsp3) is 0.136. The third-order valence-corrected chi connectivity index (χ3v) is 4.58. The van der Waals surface area contributed by atoms with Crippen LogP contribution in [0, 0.1) is 5.82 Å². The highest BCUT2D eigenvalue weighted by Crippen LogP contribution is 2.33. The summed E-state index contributed by atoms with van der Waals surface area (Å²) in [6.45, 7) is 0.244. The number of hydrogen-bond acceptors (Lipinski definition) is 4. The molecule has 1 aliphatic rings. The second-order valence-electron chi connectivity index (χ2n) is 6.50. The fourth-order valence-electron chi connectivity index (χ4n) is 3.11. The first-order valence-corrected chi connectivity index (χ1v) is 8.86. The first-order valence-electron chi connectivity index (χ1n) is 8.86. The third kappa shape index (κ3) is 3.91. The summed E-state index contributed by atoms with van der Waals surface area (Å²) in [5, 5.41) is 12.5. The van der Waals surface area contributed by atoms with Crippen LogP contribution in [0.2, 0.25) is 0 Å². The van der Waals surface area contributed by atoms with Crippen LogP contribution in [0.15, 0.2) is 60.7 Å². The molecular formula is C22H18FNO4. The van der Waals surface area contributed by atoms with E-state index in [-0.39, 0.29) is 18.2 Å². The summed E-state index contributed by atoms with van der Waals surface area (Å²) in [6.07, 6.45) is 1.51. The molecule has 5 nitrogen and oxygen atoms in total. The molecule has 6 heteroatoms. The molecule has 0 unspecified atom stereocenters. The maximum atomic E-state index is 13.1. The van der Waals surface area contributed by atoms with Gasteiger partial charge in [-0.3, -0.25) is 0 Å². The Labute approximate surface area is 161 Å². The highest BCUT2D eigenvalue weighted by Gasteiger charge is 2.14. The number of anilines is 2. The summed E-state index contributed by atoms with van der Waals surface area (Å²) in [7, 11) is 0. The molecule has 1 heterocycles. The van der Waals surface area contributed by atoms with Crippen molar-refractivity contribution in [3.63, 3.8) is 0 Å². The van der Waals surface area contributed by atoms with E-state index in [1.54, 1.807) is 18.2 Å². The number of ether oxygens (including phenoxy) is 2. The lowest BCUT2D eigenvalue weighted by atomic mass is 10.0. The van der Waals surface area contributed by atoms with Gasteiger partial charge in [0.1, 0.15) is 5.82 Å². The fourth-order valence-corrected chi connectivity index (χ4v) is 3.11. The molecule has 4 rings (SSSR count). The summed E-state index contributed by atoms with van der Waals surface area (Å²) in [5.74, 6) is 0.131. The molecule has 0 aromatic heterocycles. The molecule has 142 valence electrons. The van der Waals surface area contributed by atoms with Gasteiger partial charge in [0.05, 0.1) is 11.3 Å². The number of halogens is 1. The van der Waals surface area contributed by atoms with Crippen LogP contribution >= 0.6 is 0 Å². The number of fused-ring (bicyclic) bond motifs is 1. The van der Waals surface area contributed by atoms with E-state index in [1.807, 2.05) is 30.3 Å². The first kappa shape index (κ1) is 17.9. The Kier molecular flexibility index (Phi) is 4.85. The van der Waals surface area contributed by atoms with Crippen molar-refractivity contribution in [1.29, 1.82) is 0 Å². The lowest BCUT2D eigenvalue weighted by Crippen LogP contribution is -2.04. The number of aromatic carboxylic acids is 1. The molecule has 0 saturated heterocycles. The highest BCUT2D eigenvalue weighted by molar-refractivity contribution is 5.95. The third-order valence-electron chi connectivity index (χ3n) is 4.58. The standard InChI is InChI=1S/C22H18FNO4/c23-16-5-7-17(8-6-16)24-19-11-14(3-9-18(19)22(25)26)1-2-15-4-10-20-21(12-15)28-13-27-20/h3-12,24H,1-2,13H2,(H,25,26). The van der Waals surface area contributed by atoms with Crippen LogP contribution in [0.3, 0.4) is 0 Å². The van der Waals surface area contributed by atoms with Crippen molar-refractivity contribution >= 4 is 17.3 Å². The van der Waals surface area contributed by atoms with Crippen molar-refractivity contribution in [3.8, 4) is 11.5 Å². The predicted molar refractivity (Wildman–Crippen MR) is 103 cm³/mol. The molecule has 0 bridgehead atoms. The van der Waals surface area contributed by atoms with E-state index in [2.05, 4.69) is 5.32 Å². The van der Waals surface area contributed by atoms with Gasteiger partial charge in [-0.15, -0.1) is 0 Å². The minimum absolute atomic E-state index is 0.163. The maximum absolute atomic E-state index is 13.1. The van der Waals surface area contributed by atoms with E-state index in [4.69, 9.17) is 9.47 Å². The second-order valence-corrected chi connectivity index (χ2v) is 6.50. The van der Waals surface area contributed by atoms with Crippen LogP contribution in [-0.4, -0.2) is 17.9 Å². The van der Waals surface area contributed by atoms with Gasteiger partial charge in [-0.25, -0.2) is 9.18 Å². The number of hydrogen-bond donors (Lipinski definition) is 2. The molecule has 0 aliphatic carbocycles. The number of carboxylic acids is 1. The van der Waals surface area contributed by atoms with Crippen molar-refractivity contribution in [2.24, 2.45) is 0 Å². The molecular weight excluding hydrogens is 361 g/mol. The van der Waals surface area contributed by atoms with E-state index < -0.39 is 5.97 Å². The summed E-state index contributed by atoms with van der Waals surface area (Å²) >= 11 is 0. The van der Waals surface area contributed by atoms with Crippen molar-refractivity contribution in [2.75, 3.05) is 12.1 Å².